The summed E-state index contributed by atoms with van der Waals surface area (Å²) >= 11 is 0. The van der Waals surface area contributed by atoms with E-state index in [4.69, 9.17) is 28.4 Å². The van der Waals surface area contributed by atoms with Gasteiger partial charge < -0.3 is 28.4 Å². The Kier molecular flexibility index (Phi) is 9.61. The van der Waals surface area contributed by atoms with Crippen LogP contribution in [0.2, 0.25) is 0 Å². The van der Waals surface area contributed by atoms with Crippen molar-refractivity contribution in [3.05, 3.63) is 83.9 Å². The first kappa shape index (κ1) is 28.8. The summed E-state index contributed by atoms with van der Waals surface area (Å²) in [5.41, 5.74) is 3.25. The van der Waals surface area contributed by atoms with E-state index in [1.807, 2.05) is 49.4 Å². The van der Waals surface area contributed by atoms with Gasteiger partial charge in [-0.25, -0.2) is 10.2 Å². The smallest absolute Gasteiger partial charge is 0.343 e. The summed E-state index contributed by atoms with van der Waals surface area (Å²) < 4.78 is 32.9. The van der Waals surface area contributed by atoms with Crippen LogP contribution in [-0.4, -0.2) is 52.6 Å². The first-order valence-corrected chi connectivity index (χ1v) is 12.7. The van der Waals surface area contributed by atoms with Crippen molar-refractivity contribution in [2.75, 3.05) is 34.5 Å². The van der Waals surface area contributed by atoms with E-state index in [2.05, 4.69) is 10.5 Å². The molecular formula is C31H30N2O8. The normalized spacial score (nSPS) is 10.7. The van der Waals surface area contributed by atoms with Crippen molar-refractivity contribution >= 4 is 28.9 Å². The van der Waals surface area contributed by atoms with E-state index >= 15 is 0 Å². The fourth-order valence-corrected chi connectivity index (χ4v) is 3.99. The van der Waals surface area contributed by atoms with E-state index in [9.17, 15) is 9.59 Å². The lowest BCUT2D eigenvalue weighted by Crippen LogP contribution is -2.24. The van der Waals surface area contributed by atoms with Gasteiger partial charge in [0.05, 0.1) is 39.7 Å². The molecule has 0 aliphatic carbocycles. The highest BCUT2D eigenvalue weighted by molar-refractivity contribution is 5.93. The fourth-order valence-electron chi connectivity index (χ4n) is 3.99. The highest BCUT2D eigenvalue weighted by Crippen LogP contribution is 2.39. The number of hydrogen-bond donors (Lipinski definition) is 1. The number of methoxy groups -OCH3 is 3. The van der Waals surface area contributed by atoms with Crippen LogP contribution in [0.25, 0.3) is 10.8 Å². The van der Waals surface area contributed by atoms with Crippen LogP contribution < -0.4 is 33.8 Å². The highest BCUT2D eigenvalue weighted by atomic mass is 16.6. The van der Waals surface area contributed by atoms with Gasteiger partial charge in [0.25, 0.3) is 5.91 Å². The number of carbonyl (C=O) groups excluding carboxylic acids is 2. The fraction of sp³-hybridized carbons (Fsp3) is 0.194. The maximum absolute atomic E-state index is 13.0. The number of nitrogens with one attached hydrogen (secondary N) is 1. The lowest BCUT2D eigenvalue weighted by atomic mass is 10.1. The largest absolute Gasteiger partial charge is 0.493 e. The van der Waals surface area contributed by atoms with Gasteiger partial charge in [-0.3, -0.25) is 4.79 Å². The van der Waals surface area contributed by atoms with Crippen LogP contribution in [0.4, 0.5) is 0 Å². The Hall–Kier alpha value is -5.25. The standard InChI is InChI=1S/C31H30N2O8/c1-5-39-26-15-20(18-32-33-29(34)19-40-24-12-8-10-21-9-6-7-11-23(21)24)13-14-25(26)41-31(35)22-16-27(36-2)30(38-4)28(17-22)37-3/h6-18H,5,19H2,1-4H3,(H,33,34)/b32-18+. The van der Waals surface area contributed by atoms with E-state index in [-0.39, 0.29) is 17.9 Å². The monoisotopic (exact) mass is 558 g/mol. The molecule has 4 aromatic carbocycles. The number of carbonyl (C=O) groups is 2. The number of benzene rings is 4. The van der Waals surface area contributed by atoms with Crippen molar-refractivity contribution < 1.29 is 38.0 Å². The Balaban J connectivity index is 1.41. The zero-order valence-corrected chi connectivity index (χ0v) is 23.1. The lowest BCUT2D eigenvalue weighted by Gasteiger charge is -2.15. The summed E-state index contributed by atoms with van der Waals surface area (Å²) in [7, 11) is 4.39. The summed E-state index contributed by atoms with van der Waals surface area (Å²) in [5.74, 6) is 1.07. The zero-order valence-electron chi connectivity index (χ0n) is 23.1. The predicted octanol–water partition coefficient (Wildman–Crippen LogP) is 5.01. The number of fused-ring (bicyclic) bond motifs is 1. The molecule has 0 aromatic heterocycles. The molecule has 0 atom stereocenters. The molecule has 1 N–H and O–H groups in total. The van der Waals surface area contributed by atoms with Crippen molar-refractivity contribution in [1.82, 2.24) is 5.43 Å². The molecular weight excluding hydrogens is 528 g/mol. The number of nitrogens with zero attached hydrogens (tertiary/aromatic N) is 1. The third kappa shape index (κ3) is 7.04. The van der Waals surface area contributed by atoms with E-state index in [1.165, 1.54) is 39.7 Å². The van der Waals surface area contributed by atoms with Crippen LogP contribution in [0.5, 0.6) is 34.5 Å². The number of amides is 1. The van der Waals surface area contributed by atoms with Crippen molar-refractivity contribution in [3.8, 4) is 34.5 Å². The number of hydrazone groups is 1. The zero-order chi connectivity index (χ0) is 29.2. The second-order valence-corrected chi connectivity index (χ2v) is 8.50. The third-order valence-corrected chi connectivity index (χ3v) is 5.88. The van der Waals surface area contributed by atoms with E-state index in [0.717, 1.165) is 10.8 Å². The van der Waals surface area contributed by atoms with Crippen LogP contribution in [-0.2, 0) is 4.79 Å². The molecule has 0 saturated carbocycles. The summed E-state index contributed by atoms with van der Waals surface area (Å²) in [6, 6.07) is 21.3. The van der Waals surface area contributed by atoms with Gasteiger partial charge in [-0.1, -0.05) is 36.4 Å². The Bertz CT molecular complexity index is 1540. The molecule has 0 saturated heterocycles. The predicted molar refractivity (Wildman–Crippen MR) is 154 cm³/mol. The van der Waals surface area contributed by atoms with E-state index < -0.39 is 11.9 Å². The van der Waals surface area contributed by atoms with Gasteiger partial charge >= 0.3 is 5.97 Å². The summed E-state index contributed by atoms with van der Waals surface area (Å²) in [6.07, 6.45) is 1.45. The van der Waals surface area contributed by atoms with Crippen LogP contribution >= 0.6 is 0 Å². The van der Waals surface area contributed by atoms with Gasteiger partial charge in [0.1, 0.15) is 5.75 Å². The maximum Gasteiger partial charge on any atom is 0.343 e. The highest BCUT2D eigenvalue weighted by Gasteiger charge is 2.20. The first-order chi connectivity index (χ1) is 20.0. The van der Waals surface area contributed by atoms with Gasteiger partial charge in [0.15, 0.2) is 29.6 Å². The molecule has 1 amide bonds. The molecule has 0 aliphatic rings. The quantitative estimate of drug-likeness (QED) is 0.112. The van der Waals surface area contributed by atoms with Crippen molar-refractivity contribution in [1.29, 1.82) is 0 Å². The van der Waals surface area contributed by atoms with Crippen LogP contribution in [0.15, 0.2) is 77.9 Å². The third-order valence-electron chi connectivity index (χ3n) is 5.88. The van der Waals surface area contributed by atoms with Gasteiger partial charge in [-0.2, -0.15) is 5.10 Å². The molecule has 10 heteroatoms. The topological polar surface area (TPSA) is 114 Å². The van der Waals surface area contributed by atoms with Crippen LogP contribution in [0.3, 0.4) is 0 Å². The number of esters is 1. The minimum Gasteiger partial charge on any atom is -0.493 e. The minimum absolute atomic E-state index is 0.195. The number of hydrogen-bond acceptors (Lipinski definition) is 9. The number of rotatable bonds is 12. The van der Waals surface area contributed by atoms with E-state index in [0.29, 0.717) is 40.9 Å². The van der Waals surface area contributed by atoms with E-state index in [1.54, 1.807) is 18.2 Å². The lowest BCUT2D eigenvalue weighted by molar-refractivity contribution is -0.123. The number of ether oxygens (including phenoxy) is 6. The Morgan fingerprint density at radius 2 is 1.51 bits per heavy atom. The maximum atomic E-state index is 13.0. The molecule has 0 spiro atoms. The minimum atomic E-state index is -0.648. The molecule has 212 valence electrons. The second-order valence-electron chi connectivity index (χ2n) is 8.50. The summed E-state index contributed by atoms with van der Waals surface area (Å²) in [5, 5.41) is 5.94. The Morgan fingerprint density at radius 1 is 0.780 bits per heavy atom. The molecule has 0 heterocycles. The summed E-state index contributed by atoms with van der Waals surface area (Å²) in [6.45, 7) is 1.94. The second kappa shape index (κ2) is 13.7. The van der Waals surface area contributed by atoms with Gasteiger partial charge in [-0.05, 0) is 54.3 Å². The Labute approximate surface area is 237 Å². The molecule has 4 aromatic rings. The van der Waals surface area contributed by atoms with Gasteiger partial charge in [0, 0.05) is 5.39 Å². The molecule has 0 bridgehead atoms. The van der Waals surface area contributed by atoms with Gasteiger partial charge in [0.2, 0.25) is 5.75 Å². The molecule has 0 radical (unpaired) electrons. The first-order valence-electron chi connectivity index (χ1n) is 12.7. The van der Waals surface area contributed by atoms with Crippen molar-refractivity contribution in [2.45, 2.75) is 6.92 Å². The van der Waals surface area contributed by atoms with Crippen molar-refractivity contribution in [3.63, 3.8) is 0 Å². The molecule has 0 fully saturated rings. The Morgan fingerprint density at radius 3 is 2.22 bits per heavy atom. The molecule has 0 aliphatic heterocycles. The average Bonchev–Trinajstić information content (AvgIpc) is 3.00. The molecule has 4 rings (SSSR count). The van der Waals surface area contributed by atoms with Crippen LogP contribution in [0.1, 0.15) is 22.8 Å². The average molecular weight is 559 g/mol. The van der Waals surface area contributed by atoms with Crippen molar-refractivity contribution in [2.24, 2.45) is 5.10 Å². The van der Waals surface area contributed by atoms with Crippen LogP contribution in [0, 0.1) is 0 Å². The molecule has 0 unspecified atom stereocenters. The molecule has 10 nitrogen and oxygen atoms in total. The van der Waals surface area contributed by atoms with Gasteiger partial charge in [-0.15, -0.1) is 0 Å². The molecule has 41 heavy (non-hydrogen) atoms. The SMILES string of the molecule is CCOc1cc(/C=N/NC(=O)COc2cccc3ccccc23)ccc1OC(=O)c1cc(OC)c(OC)c(OC)c1. The summed E-state index contributed by atoms with van der Waals surface area (Å²) in [4.78, 5) is 25.3.